The molecule has 8 nitrogen and oxygen atoms in total. The number of halogens is 1. The Hall–Kier alpha value is -1.90. The molecule has 0 bridgehead atoms. The smallest absolute Gasteiger partial charge is 0.273 e. The summed E-state index contributed by atoms with van der Waals surface area (Å²) in [7, 11) is 1.76. The molecule has 1 amide bonds. The second kappa shape index (κ2) is 9.54. The predicted octanol–water partition coefficient (Wildman–Crippen LogP) is 1.20. The third-order valence-corrected chi connectivity index (χ3v) is 5.40. The van der Waals surface area contributed by atoms with Crippen LogP contribution in [0.4, 0.5) is 0 Å². The number of piperidine rings is 1. The SMILES string of the molecule is Cc1nc2c(c(C)c1CC(=O)N1CCC(OCCCN)CC1)c(=O)[nH]n2C.Cl. The third-order valence-electron chi connectivity index (χ3n) is 5.40. The number of ether oxygens (including phenoxy) is 1. The first-order valence-electron chi connectivity index (χ1n) is 9.56. The van der Waals surface area contributed by atoms with Crippen molar-refractivity contribution in [2.45, 2.75) is 45.6 Å². The number of H-pyrrole nitrogens is 1. The molecule has 0 radical (unpaired) electrons. The van der Waals surface area contributed by atoms with E-state index in [0.717, 1.165) is 36.1 Å². The van der Waals surface area contributed by atoms with Gasteiger partial charge in [-0.25, -0.2) is 4.98 Å². The first-order chi connectivity index (χ1) is 12.9. The summed E-state index contributed by atoms with van der Waals surface area (Å²) in [5, 5.41) is 3.30. The van der Waals surface area contributed by atoms with Crippen molar-refractivity contribution in [2.75, 3.05) is 26.2 Å². The molecule has 1 aliphatic heterocycles. The van der Waals surface area contributed by atoms with Crippen molar-refractivity contribution in [2.24, 2.45) is 12.8 Å². The molecule has 3 heterocycles. The standard InChI is InChI=1S/C19H29N5O3.ClH/c1-12-15(13(2)21-18-17(12)19(26)22-23(18)3)11-16(25)24-8-5-14(6-9-24)27-10-4-7-20;/h14H,4-11,20H2,1-3H3,(H,22,26);1H. The van der Waals surface area contributed by atoms with Gasteiger partial charge in [0.1, 0.15) is 0 Å². The summed E-state index contributed by atoms with van der Waals surface area (Å²) in [4.78, 5) is 31.4. The molecule has 0 spiro atoms. The zero-order valence-electron chi connectivity index (χ0n) is 16.8. The van der Waals surface area contributed by atoms with Crippen molar-refractivity contribution in [3.63, 3.8) is 0 Å². The van der Waals surface area contributed by atoms with E-state index in [0.29, 0.717) is 37.3 Å². The van der Waals surface area contributed by atoms with Gasteiger partial charge in [-0.05, 0) is 50.8 Å². The Morgan fingerprint density at radius 3 is 2.64 bits per heavy atom. The maximum Gasteiger partial charge on any atom is 0.273 e. The highest BCUT2D eigenvalue weighted by molar-refractivity contribution is 5.85. The summed E-state index contributed by atoms with van der Waals surface area (Å²) in [5.41, 5.74) is 8.44. The normalized spacial score (nSPS) is 15.1. The van der Waals surface area contributed by atoms with E-state index < -0.39 is 0 Å². The van der Waals surface area contributed by atoms with Gasteiger partial charge in [0.05, 0.1) is 17.9 Å². The summed E-state index contributed by atoms with van der Waals surface area (Å²) in [6, 6.07) is 0. The Kier molecular flexibility index (Phi) is 7.63. The van der Waals surface area contributed by atoms with E-state index in [2.05, 4.69) is 10.1 Å². The largest absolute Gasteiger partial charge is 0.378 e. The van der Waals surface area contributed by atoms with Crippen molar-refractivity contribution in [3.8, 4) is 0 Å². The number of aromatic nitrogens is 3. The number of amides is 1. The van der Waals surface area contributed by atoms with Crippen molar-refractivity contribution in [1.29, 1.82) is 0 Å². The molecule has 0 aromatic carbocycles. The second-order valence-electron chi connectivity index (χ2n) is 7.27. The van der Waals surface area contributed by atoms with Gasteiger partial charge in [-0.15, -0.1) is 12.4 Å². The lowest BCUT2D eigenvalue weighted by molar-refractivity contribution is -0.133. The fourth-order valence-electron chi connectivity index (χ4n) is 3.78. The number of fused-ring (bicyclic) bond motifs is 1. The van der Waals surface area contributed by atoms with Gasteiger partial charge >= 0.3 is 0 Å². The number of hydrogen-bond donors (Lipinski definition) is 2. The summed E-state index contributed by atoms with van der Waals surface area (Å²) in [6.07, 6.45) is 3.05. The number of nitrogens with zero attached hydrogens (tertiary/aromatic N) is 3. The summed E-state index contributed by atoms with van der Waals surface area (Å²) in [5.74, 6) is 0.0788. The summed E-state index contributed by atoms with van der Waals surface area (Å²) in [6.45, 7) is 6.51. The summed E-state index contributed by atoms with van der Waals surface area (Å²) >= 11 is 0. The molecule has 1 saturated heterocycles. The van der Waals surface area contributed by atoms with Crippen LogP contribution in [0.3, 0.4) is 0 Å². The zero-order chi connectivity index (χ0) is 19.6. The van der Waals surface area contributed by atoms with E-state index in [4.69, 9.17) is 10.5 Å². The fourth-order valence-corrected chi connectivity index (χ4v) is 3.78. The molecule has 0 saturated carbocycles. The molecule has 156 valence electrons. The molecule has 3 rings (SSSR count). The molecule has 1 fully saturated rings. The first-order valence-corrected chi connectivity index (χ1v) is 9.56. The zero-order valence-corrected chi connectivity index (χ0v) is 17.6. The Bertz CT molecular complexity index is 884. The van der Waals surface area contributed by atoms with Crippen LogP contribution >= 0.6 is 12.4 Å². The van der Waals surface area contributed by atoms with Crippen LogP contribution in [0, 0.1) is 13.8 Å². The van der Waals surface area contributed by atoms with Gasteiger partial charge in [0.15, 0.2) is 5.65 Å². The van der Waals surface area contributed by atoms with Crippen LogP contribution < -0.4 is 11.3 Å². The number of carbonyl (C=O) groups is 1. The van der Waals surface area contributed by atoms with Crippen molar-refractivity contribution in [3.05, 3.63) is 27.2 Å². The molecule has 9 heteroatoms. The lowest BCUT2D eigenvalue weighted by atomic mass is 10.00. The van der Waals surface area contributed by atoms with Crippen LogP contribution in [0.15, 0.2) is 4.79 Å². The Morgan fingerprint density at radius 2 is 2.00 bits per heavy atom. The van der Waals surface area contributed by atoms with Gasteiger partial charge in [0, 0.05) is 32.4 Å². The number of rotatable bonds is 6. The van der Waals surface area contributed by atoms with Crippen LogP contribution in [-0.4, -0.2) is 57.9 Å². The lowest BCUT2D eigenvalue weighted by Crippen LogP contribution is -2.41. The average molecular weight is 412 g/mol. The van der Waals surface area contributed by atoms with Gasteiger partial charge in [-0.2, -0.15) is 0 Å². The van der Waals surface area contributed by atoms with Crippen LogP contribution in [-0.2, 0) is 23.0 Å². The summed E-state index contributed by atoms with van der Waals surface area (Å²) < 4.78 is 7.43. The van der Waals surface area contributed by atoms with E-state index in [-0.39, 0.29) is 36.4 Å². The highest BCUT2D eigenvalue weighted by atomic mass is 35.5. The maximum atomic E-state index is 12.8. The lowest BCUT2D eigenvalue weighted by Gasteiger charge is -2.32. The van der Waals surface area contributed by atoms with Crippen LogP contribution in [0.1, 0.15) is 36.1 Å². The number of likely N-dealkylation sites (tertiary alicyclic amines) is 1. The molecule has 2 aromatic heterocycles. The van der Waals surface area contributed by atoms with Gasteiger partial charge < -0.3 is 15.4 Å². The van der Waals surface area contributed by atoms with Crippen LogP contribution in [0.25, 0.3) is 11.0 Å². The topological polar surface area (TPSA) is 106 Å². The molecule has 0 aliphatic carbocycles. The second-order valence-corrected chi connectivity index (χ2v) is 7.27. The Balaban J connectivity index is 0.00000280. The number of nitrogens with one attached hydrogen (secondary N) is 1. The van der Waals surface area contributed by atoms with E-state index in [9.17, 15) is 9.59 Å². The molecule has 0 unspecified atom stereocenters. The van der Waals surface area contributed by atoms with E-state index in [1.807, 2.05) is 18.7 Å². The molecule has 1 aliphatic rings. The van der Waals surface area contributed by atoms with E-state index in [1.165, 1.54) is 0 Å². The quantitative estimate of drug-likeness (QED) is 0.694. The van der Waals surface area contributed by atoms with Crippen molar-refractivity contribution < 1.29 is 9.53 Å². The molecule has 2 aromatic rings. The minimum Gasteiger partial charge on any atom is -0.378 e. The number of carbonyl (C=O) groups excluding carboxylic acids is 1. The first kappa shape index (κ1) is 22.4. The van der Waals surface area contributed by atoms with E-state index >= 15 is 0 Å². The molecule has 3 N–H and O–H groups in total. The maximum absolute atomic E-state index is 12.8. The average Bonchev–Trinajstić information content (AvgIpc) is 2.93. The highest BCUT2D eigenvalue weighted by Gasteiger charge is 2.25. The highest BCUT2D eigenvalue weighted by Crippen LogP contribution is 2.22. The van der Waals surface area contributed by atoms with E-state index in [1.54, 1.807) is 11.7 Å². The molecule has 0 atom stereocenters. The van der Waals surface area contributed by atoms with Crippen molar-refractivity contribution >= 4 is 29.3 Å². The monoisotopic (exact) mass is 411 g/mol. The molecular weight excluding hydrogens is 382 g/mol. The third kappa shape index (κ3) is 4.56. The van der Waals surface area contributed by atoms with Crippen molar-refractivity contribution in [1.82, 2.24) is 19.7 Å². The number of nitrogens with two attached hydrogens (primary N) is 1. The van der Waals surface area contributed by atoms with Crippen LogP contribution in [0.2, 0.25) is 0 Å². The molecular formula is C19H30ClN5O3. The minimum atomic E-state index is -0.165. The number of pyridine rings is 1. The number of aryl methyl sites for hydroxylation is 3. The Labute approximate surface area is 170 Å². The fraction of sp³-hybridized carbons (Fsp3) is 0.632. The minimum absolute atomic E-state index is 0. The number of hydrogen-bond acceptors (Lipinski definition) is 5. The Morgan fingerprint density at radius 1 is 1.32 bits per heavy atom. The van der Waals surface area contributed by atoms with Gasteiger partial charge in [0.25, 0.3) is 5.56 Å². The van der Waals surface area contributed by atoms with Gasteiger partial charge in [-0.1, -0.05) is 0 Å². The number of aromatic amines is 1. The van der Waals surface area contributed by atoms with Crippen LogP contribution in [0.5, 0.6) is 0 Å². The molecule has 28 heavy (non-hydrogen) atoms. The van der Waals surface area contributed by atoms with Gasteiger partial charge in [0.2, 0.25) is 5.91 Å². The predicted molar refractivity (Wildman–Crippen MR) is 111 cm³/mol. The van der Waals surface area contributed by atoms with Gasteiger partial charge in [-0.3, -0.25) is 19.4 Å².